The molecule has 0 unspecified atom stereocenters. The normalized spacial score (nSPS) is 16.1. The van der Waals surface area contributed by atoms with E-state index < -0.39 is 0 Å². The van der Waals surface area contributed by atoms with Gasteiger partial charge >= 0.3 is 0 Å². The van der Waals surface area contributed by atoms with Gasteiger partial charge in [-0.1, -0.05) is 36.4 Å². The van der Waals surface area contributed by atoms with E-state index in [1.54, 1.807) is 11.9 Å². The number of hydrogen-bond donors (Lipinski definition) is 1. The molecule has 0 saturated heterocycles. The van der Waals surface area contributed by atoms with Crippen molar-refractivity contribution in [1.82, 2.24) is 0 Å². The van der Waals surface area contributed by atoms with Gasteiger partial charge in [0, 0.05) is 12.6 Å². The van der Waals surface area contributed by atoms with E-state index in [2.05, 4.69) is 10.5 Å². The van der Waals surface area contributed by atoms with Crippen molar-refractivity contribution in [2.24, 2.45) is 5.10 Å². The number of nitrogens with one attached hydrogen (secondary N) is 1. The maximum Gasteiger partial charge on any atom is 0.232 e. The van der Waals surface area contributed by atoms with Crippen LogP contribution in [0.2, 0.25) is 0 Å². The number of hydrogen-bond acceptors (Lipinski definition) is 3. The van der Waals surface area contributed by atoms with Gasteiger partial charge in [-0.05, 0) is 18.2 Å². The molecule has 0 atom stereocenters. The second kappa shape index (κ2) is 5.17. The topological polar surface area (TPSA) is 44.7 Å². The smallest absolute Gasteiger partial charge is 0.232 e. The number of benzene rings is 2. The third-order valence-corrected chi connectivity index (χ3v) is 3.36. The zero-order chi connectivity index (χ0) is 13.9. The van der Waals surface area contributed by atoms with Crippen LogP contribution in [0.1, 0.15) is 12.0 Å². The van der Waals surface area contributed by atoms with Gasteiger partial charge in [-0.3, -0.25) is 10.2 Å². The Kier molecular flexibility index (Phi) is 3.21. The number of carbonyl (C=O) groups is 1. The molecule has 0 spiro atoms. The first kappa shape index (κ1) is 12.4. The highest BCUT2D eigenvalue weighted by atomic mass is 16.2. The molecule has 2 aromatic carbocycles. The van der Waals surface area contributed by atoms with E-state index in [1.165, 1.54) is 0 Å². The molecule has 2 aromatic rings. The zero-order valence-corrected chi connectivity index (χ0v) is 11.2. The molecular formula is C16H15N3O. The zero-order valence-electron chi connectivity index (χ0n) is 11.2. The molecule has 1 heterocycles. The summed E-state index contributed by atoms with van der Waals surface area (Å²) in [6.07, 6.45) is 0.313. The van der Waals surface area contributed by atoms with Gasteiger partial charge in [0.2, 0.25) is 5.91 Å². The summed E-state index contributed by atoms with van der Waals surface area (Å²) < 4.78 is 0. The van der Waals surface area contributed by atoms with Crippen LogP contribution in [0.3, 0.4) is 0 Å². The molecule has 0 bridgehead atoms. The van der Waals surface area contributed by atoms with E-state index in [0.29, 0.717) is 6.42 Å². The number of fused-ring (bicyclic) bond motifs is 1. The Morgan fingerprint density at radius 1 is 1.05 bits per heavy atom. The predicted molar refractivity (Wildman–Crippen MR) is 81.1 cm³/mol. The van der Waals surface area contributed by atoms with Crippen LogP contribution < -0.4 is 10.3 Å². The van der Waals surface area contributed by atoms with Crippen LogP contribution in [0.4, 0.5) is 11.4 Å². The van der Waals surface area contributed by atoms with E-state index in [1.807, 2.05) is 54.6 Å². The highest BCUT2D eigenvalue weighted by Crippen LogP contribution is 2.26. The summed E-state index contributed by atoms with van der Waals surface area (Å²) in [5, 5.41) is 4.40. The summed E-state index contributed by atoms with van der Waals surface area (Å²) in [7, 11) is 1.79. The first-order chi connectivity index (χ1) is 9.75. The number of hydrazone groups is 1. The van der Waals surface area contributed by atoms with Crippen LogP contribution in [0, 0.1) is 0 Å². The number of rotatable bonds is 2. The van der Waals surface area contributed by atoms with Crippen LogP contribution in [0.5, 0.6) is 0 Å². The predicted octanol–water partition coefficient (Wildman–Crippen LogP) is 2.87. The standard InChI is InChI=1S/C16H15N3O/c1-19-15-10-6-5-9-13(15)14(11-16(19)20)18-17-12-7-3-2-4-8-12/h2-10,17H,11H2,1H3. The lowest BCUT2D eigenvalue weighted by atomic mass is 10.00. The summed E-state index contributed by atoms with van der Waals surface area (Å²) >= 11 is 0. The lowest BCUT2D eigenvalue weighted by molar-refractivity contribution is -0.117. The number of nitrogens with zero attached hydrogens (tertiary/aromatic N) is 2. The Hall–Kier alpha value is -2.62. The number of carbonyl (C=O) groups excluding carboxylic acids is 1. The van der Waals surface area contributed by atoms with Gasteiger partial charge in [-0.2, -0.15) is 5.10 Å². The molecule has 0 saturated carbocycles. The van der Waals surface area contributed by atoms with E-state index in [9.17, 15) is 4.79 Å². The molecule has 4 nitrogen and oxygen atoms in total. The molecule has 0 aliphatic carbocycles. The fourth-order valence-corrected chi connectivity index (χ4v) is 2.25. The van der Waals surface area contributed by atoms with Gasteiger partial charge in [0.05, 0.1) is 23.5 Å². The van der Waals surface area contributed by atoms with Gasteiger partial charge in [0.1, 0.15) is 0 Å². The van der Waals surface area contributed by atoms with Gasteiger partial charge in [0.15, 0.2) is 0 Å². The molecule has 1 aliphatic heterocycles. The highest BCUT2D eigenvalue weighted by molar-refractivity contribution is 6.21. The molecule has 100 valence electrons. The van der Waals surface area contributed by atoms with Crippen molar-refractivity contribution >= 4 is 23.0 Å². The second-order valence-corrected chi connectivity index (χ2v) is 4.68. The van der Waals surface area contributed by atoms with Crippen molar-refractivity contribution in [3.63, 3.8) is 0 Å². The van der Waals surface area contributed by atoms with Crippen LogP contribution in [-0.2, 0) is 4.79 Å². The molecular weight excluding hydrogens is 250 g/mol. The number of anilines is 2. The van der Waals surface area contributed by atoms with Crippen LogP contribution >= 0.6 is 0 Å². The molecule has 20 heavy (non-hydrogen) atoms. The fraction of sp³-hybridized carbons (Fsp3) is 0.125. The molecule has 0 radical (unpaired) electrons. The average Bonchev–Trinajstić information content (AvgIpc) is 2.50. The van der Waals surface area contributed by atoms with Crippen molar-refractivity contribution in [3.8, 4) is 0 Å². The van der Waals surface area contributed by atoms with Gasteiger partial charge in [-0.25, -0.2) is 0 Å². The Bertz CT molecular complexity index is 664. The highest BCUT2D eigenvalue weighted by Gasteiger charge is 2.25. The van der Waals surface area contributed by atoms with Crippen molar-refractivity contribution in [3.05, 3.63) is 60.2 Å². The van der Waals surface area contributed by atoms with Crippen molar-refractivity contribution in [2.75, 3.05) is 17.4 Å². The minimum absolute atomic E-state index is 0.0531. The van der Waals surface area contributed by atoms with E-state index in [4.69, 9.17) is 0 Å². The monoisotopic (exact) mass is 265 g/mol. The lowest BCUT2D eigenvalue weighted by Gasteiger charge is -2.26. The molecule has 4 heteroatoms. The third-order valence-electron chi connectivity index (χ3n) is 3.36. The van der Waals surface area contributed by atoms with Crippen molar-refractivity contribution in [1.29, 1.82) is 0 Å². The minimum atomic E-state index is 0.0531. The molecule has 0 fully saturated rings. The van der Waals surface area contributed by atoms with E-state index in [0.717, 1.165) is 22.6 Å². The summed E-state index contributed by atoms with van der Waals surface area (Å²) in [5.41, 5.74) is 6.58. The van der Waals surface area contributed by atoms with Crippen molar-refractivity contribution < 1.29 is 4.79 Å². The van der Waals surface area contributed by atoms with E-state index >= 15 is 0 Å². The Morgan fingerprint density at radius 2 is 1.75 bits per heavy atom. The molecule has 1 N–H and O–H groups in total. The Labute approximate surface area is 117 Å². The first-order valence-corrected chi connectivity index (χ1v) is 6.49. The van der Waals surface area contributed by atoms with Gasteiger partial charge in [0.25, 0.3) is 0 Å². The quantitative estimate of drug-likeness (QED) is 0.849. The summed E-state index contributed by atoms with van der Waals surface area (Å²) in [6.45, 7) is 0. The van der Waals surface area contributed by atoms with Gasteiger partial charge < -0.3 is 4.90 Å². The third kappa shape index (κ3) is 2.28. The van der Waals surface area contributed by atoms with Crippen molar-refractivity contribution in [2.45, 2.75) is 6.42 Å². The first-order valence-electron chi connectivity index (χ1n) is 6.49. The fourth-order valence-electron chi connectivity index (χ4n) is 2.25. The molecule has 3 rings (SSSR count). The minimum Gasteiger partial charge on any atom is -0.314 e. The SMILES string of the molecule is CN1C(=O)CC(=NNc2ccccc2)c2ccccc21. The number of para-hydroxylation sites is 2. The largest absolute Gasteiger partial charge is 0.314 e. The molecule has 0 aromatic heterocycles. The summed E-state index contributed by atoms with van der Waals surface area (Å²) in [4.78, 5) is 13.7. The van der Waals surface area contributed by atoms with E-state index in [-0.39, 0.29) is 5.91 Å². The van der Waals surface area contributed by atoms with Gasteiger partial charge in [-0.15, -0.1) is 0 Å². The molecule has 1 amide bonds. The Morgan fingerprint density at radius 3 is 2.55 bits per heavy atom. The summed E-state index contributed by atoms with van der Waals surface area (Å²) in [5.74, 6) is 0.0531. The summed E-state index contributed by atoms with van der Waals surface area (Å²) in [6, 6.07) is 17.5. The Balaban J connectivity index is 1.94. The maximum atomic E-state index is 12.0. The second-order valence-electron chi connectivity index (χ2n) is 4.68. The average molecular weight is 265 g/mol. The maximum absolute atomic E-state index is 12.0. The molecule has 1 aliphatic rings. The van der Waals surface area contributed by atoms with Crippen LogP contribution in [-0.4, -0.2) is 18.7 Å². The lowest BCUT2D eigenvalue weighted by Crippen LogP contribution is -2.34. The van der Waals surface area contributed by atoms with Crippen LogP contribution in [0.25, 0.3) is 0 Å². The number of amides is 1. The van der Waals surface area contributed by atoms with Crippen LogP contribution in [0.15, 0.2) is 59.7 Å².